The van der Waals surface area contributed by atoms with Crippen LogP contribution in [0, 0.1) is 5.92 Å². The van der Waals surface area contributed by atoms with Gasteiger partial charge in [-0.1, -0.05) is 13.2 Å². The number of rotatable bonds is 0. The lowest BCUT2D eigenvalue weighted by Gasteiger charge is -2.30. The van der Waals surface area contributed by atoms with Gasteiger partial charge in [-0.2, -0.15) is 0 Å². The molecule has 1 saturated carbocycles. The van der Waals surface area contributed by atoms with Crippen LogP contribution >= 0.6 is 0 Å². The van der Waals surface area contributed by atoms with Crippen molar-refractivity contribution in [1.29, 1.82) is 0 Å². The predicted molar refractivity (Wildman–Crippen MR) is 81.3 cm³/mol. The molecule has 0 spiro atoms. The van der Waals surface area contributed by atoms with E-state index in [4.69, 9.17) is 9.47 Å². The van der Waals surface area contributed by atoms with Crippen LogP contribution in [-0.4, -0.2) is 18.0 Å². The van der Waals surface area contributed by atoms with Gasteiger partial charge in [-0.05, 0) is 61.4 Å². The van der Waals surface area contributed by atoms with Crippen molar-refractivity contribution < 1.29 is 19.1 Å². The van der Waals surface area contributed by atoms with Crippen molar-refractivity contribution in [3.05, 3.63) is 59.9 Å². The standard InChI is InChI=1S/C18H18O4/c1-11-12(2)21-17(19)14-3-5-15(6-4-14)18(20)22-16-9-7-13(11)8-10-16/h3-6,13,16H,1-2,7-10H2. The van der Waals surface area contributed by atoms with Crippen LogP contribution in [0.1, 0.15) is 46.4 Å². The lowest BCUT2D eigenvalue weighted by atomic mass is 9.82. The summed E-state index contributed by atoms with van der Waals surface area (Å²) < 4.78 is 10.9. The van der Waals surface area contributed by atoms with Crippen LogP contribution < -0.4 is 0 Å². The number of carbonyl (C=O) groups excluding carboxylic acids is 2. The molecule has 0 atom stereocenters. The molecule has 22 heavy (non-hydrogen) atoms. The first-order valence-electron chi connectivity index (χ1n) is 7.46. The first-order chi connectivity index (χ1) is 10.5. The monoisotopic (exact) mass is 298 g/mol. The van der Waals surface area contributed by atoms with Crippen molar-refractivity contribution in [2.75, 3.05) is 0 Å². The zero-order valence-electron chi connectivity index (χ0n) is 12.3. The quantitative estimate of drug-likeness (QED) is 0.686. The summed E-state index contributed by atoms with van der Waals surface area (Å²) in [6.45, 7) is 7.85. The van der Waals surface area contributed by atoms with Gasteiger partial charge in [0.2, 0.25) is 0 Å². The molecule has 4 heterocycles. The molecule has 1 aliphatic carbocycles. The van der Waals surface area contributed by atoms with Crippen molar-refractivity contribution in [3.63, 3.8) is 0 Å². The zero-order chi connectivity index (χ0) is 15.7. The van der Waals surface area contributed by atoms with Gasteiger partial charge in [0.1, 0.15) is 11.9 Å². The minimum absolute atomic E-state index is 0.0602. The highest BCUT2D eigenvalue weighted by Crippen LogP contribution is 2.34. The Bertz CT molecular complexity index is 634. The molecule has 0 unspecified atom stereocenters. The number of carbonyl (C=O) groups is 2. The van der Waals surface area contributed by atoms with Crippen LogP contribution in [0.25, 0.3) is 0 Å². The van der Waals surface area contributed by atoms with E-state index in [2.05, 4.69) is 13.2 Å². The molecule has 114 valence electrons. The first kappa shape index (κ1) is 14.6. The number of benzene rings is 1. The SMILES string of the molecule is C=C1OC(=O)c2ccc(cc2)C(=O)OC2CCC(CC2)C1=C. The second kappa shape index (κ2) is 5.79. The lowest BCUT2D eigenvalue weighted by molar-refractivity contribution is 0.0176. The molecule has 1 aromatic rings. The molecule has 0 saturated heterocycles. The molecule has 0 aromatic heterocycles. The van der Waals surface area contributed by atoms with Crippen LogP contribution in [0.5, 0.6) is 0 Å². The molecule has 4 bridgehead atoms. The molecular weight excluding hydrogens is 280 g/mol. The molecule has 4 nitrogen and oxygen atoms in total. The number of hydrogen-bond acceptors (Lipinski definition) is 4. The summed E-state index contributed by atoms with van der Waals surface area (Å²) >= 11 is 0. The molecule has 5 aliphatic rings. The maximum absolute atomic E-state index is 12.1. The van der Waals surface area contributed by atoms with Crippen LogP contribution in [0.15, 0.2) is 48.8 Å². The average molecular weight is 298 g/mol. The summed E-state index contributed by atoms with van der Waals surface area (Å²) in [5, 5.41) is 0. The summed E-state index contributed by atoms with van der Waals surface area (Å²) in [4.78, 5) is 24.2. The lowest BCUT2D eigenvalue weighted by Crippen LogP contribution is -2.26. The van der Waals surface area contributed by atoms with Gasteiger partial charge >= 0.3 is 11.9 Å². The average Bonchev–Trinajstić information content (AvgIpc) is 2.54. The third-order valence-corrected chi connectivity index (χ3v) is 4.37. The molecule has 0 amide bonds. The Morgan fingerprint density at radius 1 is 0.864 bits per heavy atom. The Morgan fingerprint density at radius 2 is 1.41 bits per heavy atom. The summed E-state index contributed by atoms with van der Waals surface area (Å²) in [6, 6.07) is 6.26. The summed E-state index contributed by atoms with van der Waals surface area (Å²) in [5.74, 6) is -0.286. The van der Waals surface area contributed by atoms with E-state index in [9.17, 15) is 9.59 Å². The number of hydrogen-bond donors (Lipinski definition) is 0. The van der Waals surface area contributed by atoms with Crippen LogP contribution in [0.4, 0.5) is 0 Å². The number of allylic oxidation sites excluding steroid dienone is 1. The van der Waals surface area contributed by atoms with Gasteiger partial charge in [0.05, 0.1) is 11.1 Å². The minimum atomic E-state index is -0.489. The van der Waals surface area contributed by atoms with Crippen molar-refractivity contribution in [2.45, 2.75) is 31.8 Å². The van der Waals surface area contributed by atoms with E-state index in [1.165, 1.54) is 0 Å². The molecule has 0 radical (unpaired) electrons. The topological polar surface area (TPSA) is 52.6 Å². The van der Waals surface area contributed by atoms with Gasteiger partial charge in [0.25, 0.3) is 0 Å². The van der Waals surface area contributed by atoms with Crippen LogP contribution in [0.3, 0.4) is 0 Å². The highest BCUT2D eigenvalue weighted by atomic mass is 16.5. The Morgan fingerprint density at radius 3 is 2.00 bits per heavy atom. The Kier molecular flexibility index (Phi) is 3.84. The Labute approximate surface area is 129 Å². The maximum atomic E-state index is 12.1. The fourth-order valence-electron chi connectivity index (χ4n) is 2.95. The largest absolute Gasteiger partial charge is 0.459 e. The van der Waals surface area contributed by atoms with Gasteiger partial charge in [-0.25, -0.2) is 9.59 Å². The zero-order valence-corrected chi connectivity index (χ0v) is 12.3. The predicted octanol–water partition coefficient (Wildman–Crippen LogP) is 3.64. The van der Waals surface area contributed by atoms with E-state index < -0.39 is 5.97 Å². The number of esters is 2. The normalized spacial score (nSPS) is 25.6. The first-order valence-corrected chi connectivity index (χ1v) is 7.46. The van der Waals surface area contributed by atoms with Crippen LogP contribution in [0.2, 0.25) is 0 Å². The smallest absolute Gasteiger partial charge is 0.343 e. The van der Waals surface area contributed by atoms with Crippen molar-refractivity contribution >= 4 is 11.9 Å². The molecule has 6 rings (SSSR count). The Hall–Kier alpha value is -2.36. The van der Waals surface area contributed by atoms with Crippen molar-refractivity contribution in [2.24, 2.45) is 5.92 Å². The molecule has 0 N–H and O–H groups in total. The van der Waals surface area contributed by atoms with E-state index in [0.717, 1.165) is 31.3 Å². The fraction of sp³-hybridized carbons (Fsp3) is 0.333. The molecule has 4 heteroatoms. The highest BCUT2D eigenvalue weighted by molar-refractivity contribution is 5.93. The van der Waals surface area contributed by atoms with Gasteiger partial charge in [0.15, 0.2) is 0 Å². The Balaban J connectivity index is 1.93. The van der Waals surface area contributed by atoms with E-state index in [0.29, 0.717) is 16.9 Å². The molecule has 1 aromatic carbocycles. The third kappa shape index (κ3) is 2.82. The van der Waals surface area contributed by atoms with Gasteiger partial charge < -0.3 is 9.47 Å². The van der Waals surface area contributed by atoms with E-state index in [1.54, 1.807) is 24.3 Å². The second-order valence-corrected chi connectivity index (χ2v) is 5.79. The molecule has 4 aliphatic heterocycles. The van der Waals surface area contributed by atoms with Gasteiger partial charge in [-0.3, -0.25) is 0 Å². The van der Waals surface area contributed by atoms with Crippen LogP contribution in [-0.2, 0) is 9.47 Å². The minimum Gasteiger partial charge on any atom is -0.459 e. The van der Waals surface area contributed by atoms with E-state index >= 15 is 0 Å². The summed E-state index contributed by atoms with van der Waals surface area (Å²) in [7, 11) is 0. The van der Waals surface area contributed by atoms with E-state index in [-0.39, 0.29) is 18.0 Å². The second-order valence-electron chi connectivity index (χ2n) is 5.79. The summed E-state index contributed by atoms with van der Waals surface area (Å²) in [6.07, 6.45) is 3.22. The van der Waals surface area contributed by atoms with Gasteiger partial charge in [0, 0.05) is 0 Å². The third-order valence-electron chi connectivity index (χ3n) is 4.37. The maximum Gasteiger partial charge on any atom is 0.343 e. The number of ether oxygens (including phenoxy) is 2. The van der Waals surface area contributed by atoms with Gasteiger partial charge in [-0.15, -0.1) is 0 Å². The van der Waals surface area contributed by atoms with Crippen molar-refractivity contribution in [1.82, 2.24) is 0 Å². The molecule has 1 fully saturated rings. The van der Waals surface area contributed by atoms with E-state index in [1.807, 2.05) is 0 Å². The highest BCUT2D eigenvalue weighted by Gasteiger charge is 2.28. The summed E-state index contributed by atoms with van der Waals surface area (Å²) in [5.41, 5.74) is 1.57. The molecular formula is C18H18O4. The fourth-order valence-corrected chi connectivity index (χ4v) is 2.95. The van der Waals surface area contributed by atoms with Crippen molar-refractivity contribution in [3.8, 4) is 0 Å².